The van der Waals surface area contributed by atoms with E-state index in [9.17, 15) is 18.0 Å². The molecule has 2 heterocycles. The summed E-state index contributed by atoms with van der Waals surface area (Å²) < 4.78 is 33.9. The Morgan fingerprint density at radius 2 is 1.61 bits per heavy atom. The van der Waals surface area contributed by atoms with E-state index in [1.54, 1.807) is 0 Å². The van der Waals surface area contributed by atoms with E-state index in [0.29, 0.717) is 13.1 Å². The monoisotopic (exact) mass is 530 g/mol. The number of carboxylic acids is 1. The molecule has 1 atom stereocenters. The summed E-state index contributed by atoms with van der Waals surface area (Å²) in [5, 5.41) is 7.12. The fourth-order valence-corrected chi connectivity index (χ4v) is 4.45. The molecule has 1 aliphatic rings. The zero-order chi connectivity index (χ0) is 27.9. The smallest absolute Gasteiger partial charge is 0.475 e. The summed E-state index contributed by atoms with van der Waals surface area (Å²) in [5.41, 5.74) is 4.51. The molecule has 3 aromatic rings. The van der Waals surface area contributed by atoms with Crippen LogP contribution in [0.25, 0.3) is 0 Å². The van der Waals surface area contributed by atoms with Gasteiger partial charge in [0.25, 0.3) is 0 Å². The van der Waals surface area contributed by atoms with Gasteiger partial charge < -0.3 is 14.6 Å². The Morgan fingerprint density at radius 1 is 1.05 bits per heavy atom. The fourth-order valence-electron chi connectivity index (χ4n) is 4.45. The third-order valence-electron chi connectivity index (χ3n) is 6.34. The highest BCUT2D eigenvalue weighted by Gasteiger charge is 2.39. The molecule has 0 saturated heterocycles. The molecule has 0 radical (unpaired) electrons. The molecule has 0 fully saturated rings. The number of carbonyl (C=O) groups excluding carboxylic acids is 1. The molecule has 2 aromatic carbocycles. The Balaban J connectivity index is 0.000000505. The summed E-state index contributed by atoms with van der Waals surface area (Å²) in [5.74, 6) is -2.60. The van der Waals surface area contributed by atoms with Crippen molar-refractivity contribution >= 4 is 11.9 Å². The standard InChI is InChI=1S/C26H32N4O.C2HF3O2/c1-4-28(17-21-11-7-5-8-12-21)26(31)25-24-23(27-19-30(24)20(2)3)15-16-29(25)18-22-13-9-6-10-14-22;3-2(4,5)1(6)7/h5-14,19-20,25H,4,15-18H2,1-3H3;(H,6,7). The minimum absolute atomic E-state index is 0.158. The highest BCUT2D eigenvalue weighted by atomic mass is 19.4. The van der Waals surface area contributed by atoms with Gasteiger partial charge in [0.15, 0.2) is 0 Å². The van der Waals surface area contributed by atoms with Crippen LogP contribution in [0.4, 0.5) is 13.2 Å². The van der Waals surface area contributed by atoms with Crippen molar-refractivity contribution in [2.75, 3.05) is 13.1 Å². The Bertz CT molecular complexity index is 1200. The van der Waals surface area contributed by atoms with Gasteiger partial charge in [-0.2, -0.15) is 13.2 Å². The van der Waals surface area contributed by atoms with Crippen LogP contribution < -0.4 is 0 Å². The second-order valence-corrected chi connectivity index (χ2v) is 9.33. The maximum Gasteiger partial charge on any atom is 0.490 e. The van der Waals surface area contributed by atoms with E-state index in [0.717, 1.165) is 36.5 Å². The summed E-state index contributed by atoms with van der Waals surface area (Å²) in [4.78, 5) is 31.9. The Labute approximate surface area is 220 Å². The van der Waals surface area contributed by atoms with Crippen LogP contribution in [-0.4, -0.2) is 55.6 Å². The number of nitrogens with zero attached hydrogens (tertiary/aromatic N) is 4. The van der Waals surface area contributed by atoms with Gasteiger partial charge in [0.1, 0.15) is 6.04 Å². The molecule has 0 bridgehead atoms. The molecule has 4 rings (SSSR count). The minimum Gasteiger partial charge on any atom is -0.475 e. The summed E-state index contributed by atoms with van der Waals surface area (Å²) in [6.07, 6.45) is -2.30. The summed E-state index contributed by atoms with van der Waals surface area (Å²) >= 11 is 0. The maximum absolute atomic E-state index is 14.0. The number of aromatic nitrogens is 2. The first-order chi connectivity index (χ1) is 18.0. The lowest BCUT2D eigenvalue weighted by Gasteiger charge is -2.38. The topological polar surface area (TPSA) is 78.7 Å². The van der Waals surface area contributed by atoms with Crippen LogP contribution in [0.5, 0.6) is 0 Å². The molecule has 0 spiro atoms. The molecule has 204 valence electrons. The first-order valence-corrected chi connectivity index (χ1v) is 12.5. The van der Waals surface area contributed by atoms with Crippen LogP contribution >= 0.6 is 0 Å². The number of fused-ring (bicyclic) bond motifs is 1. The number of imidazole rings is 1. The fraction of sp³-hybridized carbons (Fsp3) is 0.393. The first-order valence-electron chi connectivity index (χ1n) is 12.5. The lowest BCUT2D eigenvalue weighted by Crippen LogP contribution is -2.46. The molecule has 7 nitrogen and oxygen atoms in total. The number of hydrogen-bond donors (Lipinski definition) is 1. The van der Waals surface area contributed by atoms with Crippen molar-refractivity contribution in [2.24, 2.45) is 0 Å². The minimum atomic E-state index is -5.08. The van der Waals surface area contributed by atoms with E-state index in [4.69, 9.17) is 9.90 Å². The second kappa shape index (κ2) is 12.7. The number of benzene rings is 2. The normalized spacial score (nSPS) is 15.4. The van der Waals surface area contributed by atoms with Gasteiger partial charge in [-0.05, 0) is 31.9 Å². The number of amides is 1. The van der Waals surface area contributed by atoms with Crippen LogP contribution in [0, 0.1) is 0 Å². The summed E-state index contributed by atoms with van der Waals surface area (Å²) in [7, 11) is 0. The summed E-state index contributed by atoms with van der Waals surface area (Å²) in [6, 6.07) is 20.6. The van der Waals surface area contributed by atoms with Crippen molar-refractivity contribution in [3.8, 4) is 0 Å². The van der Waals surface area contributed by atoms with Crippen LogP contribution in [0.15, 0.2) is 67.0 Å². The average Bonchev–Trinajstić information content (AvgIpc) is 3.32. The molecule has 0 saturated carbocycles. The van der Waals surface area contributed by atoms with Gasteiger partial charge in [0.05, 0.1) is 17.7 Å². The van der Waals surface area contributed by atoms with E-state index in [2.05, 4.69) is 71.6 Å². The molecule has 1 N–H and O–H groups in total. The largest absolute Gasteiger partial charge is 0.490 e. The number of aliphatic carboxylic acids is 1. The Morgan fingerprint density at radius 3 is 2.11 bits per heavy atom. The number of carboxylic acid groups (broad SMARTS) is 1. The van der Waals surface area contributed by atoms with Crippen molar-refractivity contribution in [1.82, 2.24) is 19.4 Å². The molecule has 1 unspecified atom stereocenters. The first kappa shape index (κ1) is 28.9. The highest BCUT2D eigenvalue weighted by Crippen LogP contribution is 2.34. The van der Waals surface area contributed by atoms with Crippen molar-refractivity contribution < 1.29 is 27.9 Å². The number of carbonyl (C=O) groups is 2. The molecular weight excluding hydrogens is 497 g/mol. The molecule has 10 heteroatoms. The number of rotatable bonds is 7. The van der Waals surface area contributed by atoms with Crippen molar-refractivity contribution in [1.29, 1.82) is 0 Å². The lowest BCUT2D eigenvalue weighted by atomic mass is 9.99. The van der Waals surface area contributed by atoms with Gasteiger partial charge in [-0.25, -0.2) is 9.78 Å². The van der Waals surface area contributed by atoms with E-state index in [1.165, 1.54) is 5.56 Å². The van der Waals surface area contributed by atoms with Crippen LogP contribution in [0.2, 0.25) is 0 Å². The van der Waals surface area contributed by atoms with Gasteiger partial charge in [-0.3, -0.25) is 9.69 Å². The Kier molecular flexibility index (Phi) is 9.68. The third kappa shape index (κ3) is 7.22. The third-order valence-corrected chi connectivity index (χ3v) is 6.34. The molecule has 1 aliphatic heterocycles. The van der Waals surface area contributed by atoms with Gasteiger partial charge in [0.2, 0.25) is 5.91 Å². The molecule has 38 heavy (non-hydrogen) atoms. The molecule has 0 aliphatic carbocycles. The number of alkyl halides is 3. The average molecular weight is 531 g/mol. The van der Waals surface area contributed by atoms with Crippen molar-refractivity contribution in [3.05, 3.63) is 89.5 Å². The molecular formula is C28H33F3N4O3. The molecule has 1 aromatic heterocycles. The van der Waals surface area contributed by atoms with Crippen LogP contribution in [0.1, 0.15) is 55.4 Å². The van der Waals surface area contributed by atoms with Crippen molar-refractivity contribution in [2.45, 2.75) is 58.5 Å². The van der Waals surface area contributed by atoms with Crippen LogP contribution in [0.3, 0.4) is 0 Å². The van der Waals surface area contributed by atoms with Gasteiger partial charge in [-0.15, -0.1) is 0 Å². The van der Waals surface area contributed by atoms with Gasteiger partial charge >= 0.3 is 12.1 Å². The lowest BCUT2D eigenvalue weighted by molar-refractivity contribution is -0.192. The zero-order valence-corrected chi connectivity index (χ0v) is 21.7. The highest BCUT2D eigenvalue weighted by molar-refractivity contribution is 5.83. The second-order valence-electron chi connectivity index (χ2n) is 9.33. The number of likely N-dealkylation sites (N-methyl/N-ethyl adjacent to an activating group) is 1. The maximum atomic E-state index is 14.0. The van der Waals surface area contributed by atoms with E-state index >= 15 is 0 Å². The van der Waals surface area contributed by atoms with Gasteiger partial charge in [0, 0.05) is 38.6 Å². The van der Waals surface area contributed by atoms with E-state index in [-0.39, 0.29) is 18.0 Å². The van der Waals surface area contributed by atoms with Crippen molar-refractivity contribution in [3.63, 3.8) is 0 Å². The number of hydrogen-bond acceptors (Lipinski definition) is 4. The SMILES string of the molecule is CCN(Cc1ccccc1)C(=O)C1c2c(ncn2C(C)C)CCN1Cc1ccccc1.O=C(O)C(F)(F)F. The number of halogens is 3. The quantitative estimate of drug-likeness (QED) is 0.452. The predicted molar refractivity (Wildman–Crippen MR) is 137 cm³/mol. The van der Waals surface area contributed by atoms with Crippen LogP contribution in [-0.2, 0) is 29.1 Å². The van der Waals surface area contributed by atoms with E-state index < -0.39 is 12.1 Å². The predicted octanol–water partition coefficient (Wildman–Crippen LogP) is 5.25. The molecule has 1 amide bonds. The summed E-state index contributed by atoms with van der Waals surface area (Å²) in [6.45, 7) is 9.25. The van der Waals surface area contributed by atoms with E-state index in [1.807, 2.05) is 35.5 Å². The zero-order valence-electron chi connectivity index (χ0n) is 21.7. The Hall–Kier alpha value is -3.66. The van der Waals surface area contributed by atoms with Gasteiger partial charge in [-0.1, -0.05) is 60.7 Å².